The molecule has 5 heteroatoms. The lowest BCUT2D eigenvalue weighted by Gasteiger charge is -2.04. The number of halogens is 1. The van der Waals surface area contributed by atoms with Gasteiger partial charge in [0, 0.05) is 34.6 Å². The number of nitrogens with one attached hydrogen (secondary N) is 1. The summed E-state index contributed by atoms with van der Waals surface area (Å²) in [5.74, 6) is 0.0175. The summed E-state index contributed by atoms with van der Waals surface area (Å²) in [6.45, 7) is 0. The van der Waals surface area contributed by atoms with Crippen molar-refractivity contribution < 1.29 is 4.79 Å². The van der Waals surface area contributed by atoms with Gasteiger partial charge in [0.25, 0.3) is 0 Å². The number of hydrogen-bond acceptors (Lipinski definition) is 3. The molecule has 1 heterocycles. The van der Waals surface area contributed by atoms with E-state index in [4.69, 9.17) is 0 Å². The number of carbonyl (C=O) groups excluding carboxylic acids is 1. The highest BCUT2D eigenvalue weighted by atomic mass is 79.9. The van der Waals surface area contributed by atoms with Crippen LogP contribution in [-0.2, 0) is 4.79 Å². The fraction of sp³-hybridized carbons (Fsp3) is 0.167. The Balaban J connectivity index is 2.06. The number of rotatable bonds is 4. The zero-order valence-corrected chi connectivity index (χ0v) is 11.4. The zero-order valence-electron chi connectivity index (χ0n) is 9.02. The molecule has 3 nitrogen and oxygen atoms in total. The smallest absolute Gasteiger partial charge is 0.225 e. The van der Waals surface area contributed by atoms with Gasteiger partial charge in [-0.25, -0.2) is 4.98 Å². The van der Waals surface area contributed by atoms with Crippen LogP contribution in [-0.4, -0.2) is 16.2 Å². The van der Waals surface area contributed by atoms with Crippen LogP contribution < -0.4 is 5.32 Å². The maximum Gasteiger partial charge on any atom is 0.225 e. The summed E-state index contributed by atoms with van der Waals surface area (Å²) in [6.07, 6.45) is 2.26. The van der Waals surface area contributed by atoms with Gasteiger partial charge in [0.15, 0.2) is 0 Å². The third-order valence-corrected chi connectivity index (χ3v) is 3.39. The first-order chi connectivity index (χ1) is 8.29. The van der Waals surface area contributed by atoms with E-state index in [1.54, 1.807) is 17.5 Å². The van der Waals surface area contributed by atoms with Gasteiger partial charge < -0.3 is 5.32 Å². The molecule has 1 aromatic heterocycles. The minimum atomic E-state index is 0.0175. The first-order valence-electron chi connectivity index (χ1n) is 5.15. The van der Waals surface area contributed by atoms with Crippen LogP contribution in [0.4, 0.5) is 5.69 Å². The van der Waals surface area contributed by atoms with Crippen LogP contribution in [0.1, 0.15) is 6.42 Å². The lowest BCUT2D eigenvalue weighted by atomic mass is 10.2. The Morgan fingerprint density at radius 2 is 2.12 bits per heavy atom. The molecule has 0 spiro atoms. The molecule has 17 heavy (non-hydrogen) atoms. The molecule has 0 aliphatic rings. The van der Waals surface area contributed by atoms with Gasteiger partial charge in [0.05, 0.1) is 0 Å². The van der Waals surface area contributed by atoms with Crippen molar-refractivity contribution in [3.05, 3.63) is 35.8 Å². The van der Waals surface area contributed by atoms with Crippen molar-refractivity contribution in [2.24, 2.45) is 0 Å². The summed E-state index contributed by atoms with van der Waals surface area (Å²) in [6, 6.07) is 7.71. The number of thiazole rings is 1. The zero-order chi connectivity index (χ0) is 12.1. The van der Waals surface area contributed by atoms with Crippen LogP contribution >= 0.6 is 27.3 Å². The van der Waals surface area contributed by atoms with Crippen molar-refractivity contribution in [3.63, 3.8) is 0 Å². The van der Waals surface area contributed by atoms with Crippen LogP contribution in [0.3, 0.4) is 0 Å². The summed E-state index contributed by atoms with van der Waals surface area (Å²) in [4.78, 5) is 15.6. The molecular weight excluding hydrogens is 300 g/mol. The molecule has 0 bridgehead atoms. The van der Waals surface area contributed by atoms with Crippen molar-refractivity contribution in [1.82, 2.24) is 4.98 Å². The number of alkyl halides is 1. The second kappa shape index (κ2) is 5.93. The van der Waals surface area contributed by atoms with Gasteiger partial charge in [-0.3, -0.25) is 4.79 Å². The predicted octanol–water partition coefficient (Wildman–Crippen LogP) is 3.53. The lowest BCUT2D eigenvalue weighted by Crippen LogP contribution is -2.11. The Morgan fingerprint density at radius 1 is 1.35 bits per heavy atom. The molecule has 0 aliphatic heterocycles. The number of amides is 1. The Morgan fingerprint density at radius 3 is 2.71 bits per heavy atom. The van der Waals surface area contributed by atoms with E-state index < -0.39 is 0 Å². The Kier molecular flexibility index (Phi) is 4.28. The molecule has 2 rings (SSSR count). The van der Waals surface area contributed by atoms with Gasteiger partial charge in [0.2, 0.25) is 5.91 Å². The predicted molar refractivity (Wildman–Crippen MR) is 74.6 cm³/mol. The monoisotopic (exact) mass is 310 g/mol. The van der Waals surface area contributed by atoms with E-state index >= 15 is 0 Å². The van der Waals surface area contributed by atoms with Gasteiger partial charge in [-0.05, 0) is 24.3 Å². The van der Waals surface area contributed by atoms with Crippen molar-refractivity contribution in [2.45, 2.75) is 6.42 Å². The van der Waals surface area contributed by atoms with E-state index in [0.717, 1.165) is 16.3 Å². The average molecular weight is 311 g/mol. The third-order valence-electron chi connectivity index (χ3n) is 2.17. The van der Waals surface area contributed by atoms with E-state index in [2.05, 4.69) is 26.2 Å². The second-order valence-corrected chi connectivity index (χ2v) is 5.09. The molecule has 1 aromatic carbocycles. The number of aromatic nitrogens is 1. The largest absolute Gasteiger partial charge is 0.326 e. The summed E-state index contributed by atoms with van der Waals surface area (Å²) in [5, 5.41) is 6.44. The summed E-state index contributed by atoms with van der Waals surface area (Å²) >= 11 is 4.83. The fourth-order valence-corrected chi connectivity index (χ4v) is 2.38. The van der Waals surface area contributed by atoms with Crippen molar-refractivity contribution >= 4 is 38.9 Å². The molecule has 0 fully saturated rings. The Labute approximate surface area is 112 Å². The van der Waals surface area contributed by atoms with E-state index in [0.29, 0.717) is 11.8 Å². The third kappa shape index (κ3) is 3.38. The van der Waals surface area contributed by atoms with E-state index in [9.17, 15) is 4.79 Å². The highest BCUT2D eigenvalue weighted by Crippen LogP contribution is 2.23. The summed E-state index contributed by atoms with van der Waals surface area (Å²) in [7, 11) is 0. The molecule has 0 atom stereocenters. The van der Waals surface area contributed by atoms with Crippen molar-refractivity contribution in [3.8, 4) is 10.6 Å². The molecule has 1 amide bonds. The Bertz CT molecular complexity index is 482. The van der Waals surface area contributed by atoms with Crippen LogP contribution in [0.15, 0.2) is 35.8 Å². The minimum Gasteiger partial charge on any atom is -0.326 e. The molecule has 0 unspecified atom stereocenters. The standard InChI is InChI=1S/C12H11BrN2OS/c13-6-5-11(16)15-10-3-1-9(2-4-10)12-14-7-8-17-12/h1-4,7-8H,5-6H2,(H,15,16). The number of nitrogens with zero attached hydrogens (tertiary/aromatic N) is 1. The van der Waals surface area contributed by atoms with Gasteiger partial charge in [-0.1, -0.05) is 15.9 Å². The van der Waals surface area contributed by atoms with Crippen LogP contribution in [0.2, 0.25) is 0 Å². The van der Waals surface area contributed by atoms with Gasteiger partial charge in [0.1, 0.15) is 5.01 Å². The molecule has 0 radical (unpaired) electrons. The minimum absolute atomic E-state index is 0.0175. The number of hydrogen-bond donors (Lipinski definition) is 1. The quantitative estimate of drug-likeness (QED) is 0.878. The lowest BCUT2D eigenvalue weighted by molar-refractivity contribution is -0.115. The molecule has 0 saturated carbocycles. The van der Waals surface area contributed by atoms with Crippen LogP contribution in [0.25, 0.3) is 10.6 Å². The summed E-state index contributed by atoms with van der Waals surface area (Å²) in [5.41, 5.74) is 1.88. The number of anilines is 1. The van der Waals surface area contributed by atoms with Gasteiger partial charge >= 0.3 is 0 Å². The Hall–Kier alpha value is -1.20. The molecule has 0 aliphatic carbocycles. The number of benzene rings is 1. The SMILES string of the molecule is O=C(CCBr)Nc1ccc(-c2nccs2)cc1. The molecule has 0 saturated heterocycles. The highest BCUT2D eigenvalue weighted by molar-refractivity contribution is 9.09. The van der Waals surface area contributed by atoms with Gasteiger partial charge in [-0.2, -0.15) is 0 Å². The fourth-order valence-electron chi connectivity index (χ4n) is 1.37. The molecule has 88 valence electrons. The molecule has 1 N–H and O–H groups in total. The molecular formula is C12H11BrN2OS. The first kappa shape index (κ1) is 12.3. The van der Waals surface area contributed by atoms with Gasteiger partial charge in [-0.15, -0.1) is 11.3 Å². The van der Waals surface area contributed by atoms with E-state index in [1.165, 1.54) is 0 Å². The van der Waals surface area contributed by atoms with E-state index in [-0.39, 0.29) is 5.91 Å². The van der Waals surface area contributed by atoms with Crippen LogP contribution in [0.5, 0.6) is 0 Å². The maximum atomic E-state index is 11.4. The average Bonchev–Trinajstić information content (AvgIpc) is 2.84. The summed E-state index contributed by atoms with van der Waals surface area (Å²) < 4.78 is 0. The second-order valence-electron chi connectivity index (χ2n) is 3.40. The normalized spacial score (nSPS) is 10.2. The van der Waals surface area contributed by atoms with Crippen molar-refractivity contribution in [1.29, 1.82) is 0 Å². The number of carbonyl (C=O) groups is 1. The first-order valence-corrected chi connectivity index (χ1v) is 7.15. The highest BCUT2D eigenvalue weighted by Gasteiger charge is 2.03. The van der Waals surface area contributed by atoms with E-state index in [1.807, 2.05) is 29.6 Å². The molecule has 2 aromatic rings. The topological polar surface area (TPSA) is 42.0 Å². The van der Waals surface area contributed by atoms with Crippen molar-refractivity contribution in [2.75, 3.05) is 10.6 Å². The van der Waals surface area contributed by atoms with Crippen LogP contribution in [0, 0.1) is 0 Å². The maximum absolute atomic E-state index is 11.4.